The van der Waals surface area contributed by atoms with Gasteiger partial charge in [-0.15, -0.1) is 0 Å². The lowest BCUT2D eigenvalue weighted by Crippen LogP contribution is -2.46. The fourth-order valence-corrected chi connectivity index (χ4v) is 3.17. The summed E-state index contributed by atoms with van der Waals surface area (Å²) < 4.78 is 10.4. The van der Waals surface area contributed by atoms with Gasteiger partial charge in [0, 0.05) is 18.1 Å². The van der Waals surface area contributed by atoms with E-state index in [-0.39, 0.29) is 6.03 Å². The molecule has 6 heteroatoms. The van der Waals surface area contributed by atoms with Gasteiger partial charge in [0.25, 0.3) is 0 Å². The Labute approximate surface area is 146 Å². The van der Waals surface area contributed by atoms with Gasteiger partial charge in [-0.2, -0.15) is 0 Å². The predicted octanol–water partition coefficient (Wildman–Crippen LogP) is 2.99. The lowest BCUT2D eigenvalue weighted by molar-refractivity contribution is -0.136. The summed E-state index contributed by atoms with van der Waals surface area (Å²) in [7, 11) is 4.57. The van der Waals surface area contributed by atoms with Gasteiger partial charge >= 0.3 is 12.0 Å². The summed E-state index contributed by atoms with van der Waals surface area (Å²) in [5.74, 6) is 0.271. The Hall–Kier alpha value is -3.02. The van der Waals surface area contributed by atoms with Crippen molar-refractivity contribution in [2.24, 2.45) is 0 Å². The zero-order chi connectivity index (χ0) is 18.1. The summed E-state index contributed by atoms with van der Waals surface area (Å²) in [5, 5.41) is 4.72. The second kappa shape index (κ2) is 6.47. The standard InChI is InChI=1S/C19H20N2O4/c1-11-16(18(22)25-4)17(20-19(23)21(11)2)14-9-10-15(24-3)13-8-6-5-7-12(13)14/h5-10,17H,1-4H3,(H,20,23)/t17-/m1/s1. The van der Waals surface area contributed by atoms with Crippen LogP contribution in [0.3, 0.4) is 0 Å². The van der Waals surface area contributed by atoms with Crippen LogP contribution in [0.1, 0.15) is 18.5 Å². The summed E-state index contributed by atoms with van der Waals surface area (Å²) in [6.07, 6.45) is 0. The van der Waals surface area contributed by atoms with E-state index >= 15 is 0 Å². The fourth-order valence-electron chi connectivity index (χ4n) is 3.17. The molecule has 0 saturated heterocycles. The van der Waals surface area contributed by atoms with E-state index in [1.165, 1.54) is 12.0 Å². The number of nitrogens with one attached hydrogen (secondary N) is 1. The Morgan fingerprint density at radius 2 is 1.80 bits per heavy atom. The first kappa shape index (κ1) is 16.8. The average molecular weight is 340 g/mol. The summed E-state index contributed by atoms with van der Waals surface area (Å²) >= 11 is 0. The number of allylic oxidation sites excluding steroid dienone is 1. The quantitative estimate of drug-likeness (QED) is 0.872. The van der Waals surface area contributed by atoms with Gasteiger partial charge in [-0.3, -0.25) is 0 Å². The van der Waals surface area contributed by atoms with E-state index in [0.717, 1.165) is 22.1 Å². The lowest BCUT2D eigenvalue weighted by Gasteiger charge is -2.33. The number of fused-ring (bicyclic) bond motifs is 1. The molecule has 0 unspecified atom stereocenters. The molecule has 1 heterocycles. The van der Waals surface area contributed by atoms with Crippen LogP contribution in [-0.4, -0.2) is 38.2 Å². The molecule has 25 heavy (non-hydrogen) atoms. The van der Waals surface area contributed by atoms with Crippen molar-refractivity contribution < 1.29 is 19.1 Å². The van der Waals surface area contributed by atoms with Gasteiger partial charge in [-0.25, -0.2) is 9.59 Å². The van der Waals surface area contributed by atoms with E-state index in [1.807, 2.05) is 36.4 Å². The number of carbonyl (C=O) groups is 2. The van der Waals surface area contributed by atoms with Gasteiger partial charge in [0.2, 0.25) is 0 Å². The number of urea groups is 1. The fraction of sp³-hybridized carbons (Fsp3) is 0.263. The SMILES string of the molecule is COC(=O)C1=C(C)N(C)C(=O)N[C@@H]1c1ccc(OC)c2ccccc12. The molecule has 0 saturated carbocycles. The summed E-state index contributed by atoms with van der Waals surface area (Å²) in [5.41, 5.74) is 1.80. The number of benzene rings is 2. The molecule has 0 radical (unpaired) electrons. The molecule has 2 aromatic carbocycles. The molecule has 0 fully saturated rings. The molecule has 1 aliphatic rings. The molecule has 2 amide bonds. The maximum atomic E-state index is 12.4. The van der Waals surface area contributed by atoms with Crippen LogP contribution in [0, 0.1) is 0 Å². The highest BCUT2D eigenvalue weighted by atomic mass is 16.5. The lowest BCUT2D eigenvalue weighted by atomic mass is 9.91. The van der Waals surface area contributed by atoms with Gasteiger partial charge in [0.1, 0.15) is 5.75 Å². The van der Waals surface area contributed by atoms with E-state index in [9.17, 15) is 9.59 Å². The Bertz CT molecular complexity index is 888. The molecule has 1 aliphatic heterocycles. The van der Waals surface area contributed by atoms with E-state index < -0.39 is 12.0 Å². The Kier molecular flexibility index (Phi) is 4.35. The molecule has 3 rings (SSSR count). The number of rotatable bonds is 3. The van der Waals surface area contributed by atoms with Crippen LogP contribution >= 0.6 is 0 Å². The molecule has 2 aromatic rings. The van der Waals surface area contributed by atoms with Crippen molar-refractivity contribution in [1.29, 1.82) is 0 Å². The summed E-state index contributed by atoms with van der Waals surface area (Å²) in [6, 6.07) is 10.6. The molecule has 1 N–H and O–H groups in total. The Morgan fingerprint density at radius 1 is 1.12 bits per heavy atom. The van der Waals surface area contributed by atoms with Crippen molar-refractivity contribution in [3.8, 4) is 5.75 Å². The van der Waals surface area contributed by atoms with Crippen molar-refractivity contribution in [3.63, 3.8) is 0 Å². The second-order valence-electron chi connectivity index (χ2n) is 5.83. The maximum Gasteiger partial charge on any atom is 0.337 e. The molecule has 0 spiro atoms. The Balaban J connectivity index is 2.26. The van der Waals surface area contributed by atoms with Crippen LogP contribution in [0.15, 0.2) is 47.7 Å². The number of esters is 1. The summed E-state index contributed by atoms with van der Waals surface area (Å²) in [6.45, 7) is 1.74. The van der Waals surface area contributed by atoms with Crippen LogP contribution in [-0.2, 0) is 9.53 Å². The zero-order valence-corrected chi connectivity index (χ0v) is 14.6. The minimum atomic E-state index is -0.591. The number of amides is 2. The van der Waals surface area contributed by atoms with Gasteiger partial charge in [-0.1, -0.05) is 30.3 Å². The normalized spacial score (nSPS) is 17.5. The van der Waals surface area contributed by atoms with Crippen LogP contribution in [0.4, 0.5) is 4.79 Å². The second-order valence-corrected chi connectivity index (χ2v) is 5.83. The van der Waals surface area contributed by atoms with Crippen LogP contribution in [0.25, 0.3) is 10.8 Å². The first-order valence-corrected chi connectivity index (χ1v) is 7.88. The maximum absolute atomic E-state index is 12.4. The van der Waals surface area contributed by atoms with Crippen molar-refractivity contribution in [1.82, 2.24) is 10.2 Å². The molecule has 0 aliphatic carbocycles. The third kappa shape index (κ3) is 2.69. The first-order valence-electron chi connectivity index (χ1n) is 7.88. The minimum absolute atomic E-state index is 0.268. The molecule has 6 nitrogen and oxygen atoms in total. The molecular weight excluding hydrogens is 320 g/mol. The van der Waals surface area contributed by atoms with E-state index in [0.29, 0.717) is 11.3 Å². The third-order valence-electron chi connectivity index (χ3n) is 4.61. The van der Waals surface area contributed by atoms with Gasteiger partial charge < -0.3 is 19.7 Å². The van der Waals surface area contributed by atoms with Crippen molar-refractivity contribution in [3.05, 3.63) is 53.2 Å². The molecular formula is C19H20N2O4. The molecule has 0 bridgehead atoms. The minimum Gasteiger partial charge on any atom is -0.496 e. The van der Waals surface area contributed by atoms with Crippen molar-refractivity contribution >= 4 is 22.8 Å². The largest absolute Gasteiger partial charge is 0.496 e. The van der Waals surface area contributed by atoms with Crippen LogP contribution in [0.2, 0.25) is 0 Å². The number of hydrogen-bond donors (Lipinski definition) is 1. The molecule has 130 valence electrons. The number of methoxy groups -OCH3 is 2. The van der Waals surface area contributed by atoms with Gasteiger partial charge in [-0.05, 0) is 23.9 Å². The number of ether oxygens (including phenoxy) is 2. The Morgan fingerprint density at radius 3 is 2.44 bits per heavy atom. The van der Waals surface area contributed by atoms with Crippen LogP contribution in [0.5, 0.6) is 5.75 Å². The zero-order valence-electron chi connectivity index (χ0n) is 14.6. The smallest absolute Gasteiger partial charge is 0.337 e. The van der Waals surface area contributed by atoms with Gasteiger partial charge in [0.05, 0.1) is 25.8 Å². The average Bonchev–Trinajstić information content (AvgIpc) is 2.64. The number of hydrogen-bond acceptors (Lipinski definition) is 4. The van der Waals surface area contributed by atoms with E-state index in [2.05, 4.69) is 5.32 Å². The first-order chi connectivity index (χ1) is 12.0. The van der Waals surface area contributed by atoms with E-state index in [4.69, 9.17) is 9.47 Å². The van der Waals surface area contributed by atoms with Crippen molar-refractivity contribution in [2.45, 2.75) is 13.0 Å². The number of nitrogens with zero attached hydrogens (tertiary/aromatic N) is 1. The third-order valence-corrected chi connectivity index (χ3v) is 4.61. The van der Waals surface area contributed by atoms with Gasteiger partial charge in [0.15, 0.2) is 0 Å². The highest BCUT2D eigenvalue weighted by molar-refractivity contribution is 5.98. The van der Waals surface area contributed by atoms with Crippen molar-refractivity contribution in [2.75, 3.05) is 21.3 Å². The molecule has 0 aromatic heterocycles. The highest BCUT2D eigenvalue weighted by Gasteiger charge is 2.35. The highest BCUT2D eigenvalue weighted by Crippen LogP contribution is 2.37. The predicted molar refractivity (Wildman–Crippen MR) is 94.3 cm³/mol. The van der Waals surface area contributed by atoms with Crippen LogP contribution < -0.4 is 10.1 Å². The molecule has 1 atom stereocenters. The number of carbonyl (C=O) groups excluding carboxylic acids is 2. The summed E-state index contributed by atoms with van der Waals surface area (Å²) in [4.78, 5) is 26.1. The van der Waals surface area contributed by atoms with E-state index in [1.54, 1.807) is 21.1 Å². The monoisotopic (exact) mass is 340 g/mol. The topological polar surface area (TPSA) is 67.9 Å².